The summed E-state index contributed by atoms with van der Waals surface area (Å²) in [6.07, 6.45) is 4.61. The third-order valence-corrected chi connectivity index (χ3v) is 3.11. The van der Waals surface area contributed by atoms with Crippen LogP contribution >= 0.6 is 33.9 Å². The van der Waals surface area contributed by atoms with Crippen molar-refractivity contribution in [2.24, 2.45) is 0 Å². The van der Waals surface area contributed by atoms with Crippen molar-refractivity contribution < 1.29 is 9.53 Å². The normalized spacial score (nSPS) is 11.8. The van der Waals surface area contributed by atoms with Crippen molar-refractivity contribution in [3.8, 4) is 12.3 Å². The predicted octanol–water partition coefficient (Wildman–Crippen LogP) is 2.53. The number of hydrogen-bond acceptors (Lipinski definition) is 3. The van der Waals surface area contributed by atoms with Gasteiger partial charge in [0.15, 0.2) is 6.10 Å². The highest BCUT2D eigenvalue weighted by molar-refractivity contribution is 14.1. The van der Waals surface area contributed by atoms with Crippen LogP contribution in [0.15, 0.2) is 11.4 Å². The van der Waals surface area contributed by atoms with Crippen LogP contribution < -0.4 is 0 Å². The fourth-order valence-electron chi connectivity index (χ4n) is 0.680. The number of halogens is 1. The molecule has 0 aliphatic rings. The quantitative estimate of drug-likeness (QED) is 0.477. The second-order valence-electron chi connectivity index (χ2n) is 2.35. The third kappa shape index (κ3) is 3.01. The number of esters is 1. The molecule has 0 aromatic carbocycles. The number of hydrogen-bond donors (Lipinski definition) is 0. The molecule has 1 unspecified atom stereocenters. The van der Waals surface area contributed by atoms with E-state index in [1.165, 1.54) is 11.3 Å². The van der Waals surface area contributed by atoms with Crippen LogP contribution in [0.4, 0.5) is 0 Å². The van der Waals surface area contributed by atoms with Gasteiger partial charge in [0.1, 0.15) is 0 Å². The minimum Gasteiger partial charge on any atom is -0.446 e. The van der Waals surface area contributed by atoms with Gasteiger partial charge in [-0.05, 0) is 35.6 Å². The summed E-state index contributed by atoms with van der Waals surface area (Å²) in [6, 6.07) is 1.77. The Kier molecular flexibility index (Phi) is 3.75. The maximum absolute atomic E-state index is 11.3. The van der Waals surface area contributed by atoms with Gasteiger partial charge < -0.3 is 4.74 Å². The molecule has 0 saturated carbocycles. The largest absolute Gasteiger partial charge is 0.446 e. The van der Waals surface area contributed by atoms with E-state index in [1.54, 1.807) is 18.4 Å². The Balaban J connectivity index is 2.65. The van der Waals surface area contributed by atoms with Crippen molar-refractivity contribution in [1.29, 1.82) is 0 Å². The lowest BCUT2D eigenvalue weighted by Crippen LogP contribution is -2.12. The topological polar surface area (TPSA) is 26.3 Å². The Morgan fingerprint density at radius 1 is 1.85 bits per heavy atom. The highest BCUT2D eigenvalue weighted by atomic mass is 127. The van der Waals surface area contributed by atoms with E-state index in [0.29, 0.717) is 5.56 Å². The minimum atomic E-state index is -0.468. The first-order chi connectivity index (χ1) is 6.13. The molecule has 0 aliphatic heterocycles. The summed E-state index contributed by atoms with van der Waals surface area (Å²) >= 11 is 3.65. The van der Waals surface area contributed by atoms with E-state index in [2.05, 4.69) is 28.5 Å². The zero-order valence-electron chi connectivity index (χ0n) is 6.91. The molecule has 1 atom stereocenters. The van der Waals surface area contributed by atoms with Gasteiger partial charge in [-0.25, -0.2) is 4.79 Å². The second kappa shape index (κ2) is 4.63. The average Bonchev–Trinajstić information content (AvgIpc) is 2.51. The van der Waals surface area contributed by atoms with Gasteiger partial charge >= 0.3 is 5.97 Å². The van der Waals surface area contributed by atoms with Crippen LogP contribution in [0, 0.1) is 15.2 Å². The average molecular weight is 306 g/mol. The van der Waals surface area contributed by atoms with Gasteiger partial charge in [0, 0.05) is 5.38 Å². The van der Waals surface area contributed by atoms with Gasteiger partial charge in [0.25, 0.3) is 0 Å². The summed E-state index contributed by atoms with van der Waals surface area (Å²) in [5.41, 5.74) is 0.566. The van der Waals surface area contributed by atoms with Crippen molar-refractivity contribution >= 4 is 39.9 Å². The number of rotatable bonds is 2. The molecule has 0 fully saturated rings. The van der Waals surface area contributed by atoms with E-state index in [9.17, 15) is 4.79 Å². The van der Waals surface area contributed by atoms with E-state index >= 15 is 0 Å². The Labute approximate surface area is 94.4 Å². The first kappa shape index (κ1) is 10.5. The van der Waals surface area contributed by atoms with Crippen LogP contribution in [0.5, 0.6) is 0 Å². The van der Waals surface area contributed by atoms with Gasteiger partial charge in [0.2, 0.25) is 0 Å². The summed E-state index contributed by atoms with van der Waals surface area (Å²) in [5.74, 6) is 1.97. The van der Waals surface area contributed by atoms with Crippen molar-refractivity contribution in [1.82, 2.24) is 0 Å². The molecule has 13 heavy (non-hydrogen) atoms. The third-order valence-electron chi connectivity index (χ3n) is 1.32. The smallest absolute Gasteiger partial charge is 0.340 e. The second-order valence-corrected chi connectivity index (χ2v) is 5.16. The summed E-state index contributed by atoms with van der Waals surface area (Å²) in [7, 11) is 0. The first-order valence-electron chi connectivity index (χ1n) is 3.54. The highest BCUT2D eigenvalue weighted by Gasteiger charge is 2.11. The molecule has 1 aromatic heterocycles. The number of ether oxygens (including phenoxy) is 1. The lowest BCUT2D eigenvalue weighted by Gasteiger charge is -2.04. The standard InChI is InChI=1S/C9H7IO2S/c1-3-6(2)12-9(11)7-4-8(10)13-5-7/h1,4-6H,2H3. The van der Waals surface area contributed by atoms with Crippen LogP contribution in [0.1, 0.15) is 17.3 Å². The lowest BCUT2D eigenvalue weighted by atomic mass is 10.3. The van der Waals surface area contributed by atoms with Gasteiger partial charge in [-0.3, -0.25) is 0 Å². The lowest BCUT2D eigenvalue weighted by molar-refractivity contribution is 0.0439. The number of terminal acetylenes is 1. The Morgan fingerprint density at radius 3 is 3.00 bits per heavy atom. The van der Waals surface area contributed by atoms with Crippen LogP contribution in [0.25, 0.3) is 0 Å². The molecule has 0 N–H and O–H groups in total. The SMILES string of the molecule is C#CC(C)OC(=O)c1csc(I)c1. The highest BCUT2D eigenvalue weighted by Crippen LogP contribution is 2.17. The molecule has 4 heteroatoms. The minimum absolute atomic E-state index is 0.357. The molecule has 2 nitrogen and oxygen atoms in total. The zero-order valence-corrected chi connectivity index (χ0v) is 9.89. The number of carbonyl (C=O) groups excluding carboxylic acids is 1. The van der Waals surface area contributed by atoms with Gasteiger partial charge in [0.05, 0.1) is 8.45 Å². The number of thiophene rings is 1. The van der Waals surface area contributed by atoms with E-state index in [-0.39, 0.29) is 5.97 Å². The van der Waals surface area contributed by atoms with Crippen molar-refractivity contribution in [3.05, 3.63) is 19.9 Å². The molecule has 0 radical (unpaired) electrons. The van der Waals surface area contributed by atoms with E-state index in [1.807, 2.05) is 0 Å². The van der Waals surface area contributed by atoms with Gasteiger partial charge in [-0.2, -0.15) is 0 Å². The first-order valence-corrected chi connectivity index (χ1v) is 5.50. The molecule has 0 amide bonds. The Morgan fingerprint density at radius 2 is 2.54 bits per heavy atom. The summed E-state index contributed by atoms with van der Waals surface area (Å²) < 4.78 is 5.98. The summed E-state index contributed by atoms with van der Waals surface area (Å²) in [5, 5.41) is 1.76. The van der Waals surface area contributed by atoms with Crippen LogP contribution in [-0.2, 0) is 4.74 Å². The molecule has 0 saturated heterocycles. The Bertz CT molecular complexity index is 351. The molecule has 0 bridgehead atoms. The van der Waals surface area contributed by atoms with Crippen LogP contribution in [0.3, 0.4) is 0 Å². The molecule has 1 rings (SSSR count). The fourth-order valence-corrected chi connectivity index (χ4v) is 2.00. The van der Waals surface area contributed by atoms with Crippen LogP contribution in [-0.4, -0.2) is 12.1 Å². The van der Waals surface area contributed by atoms with Crippen LogP contribution in [0.2, 0.25) is 0 Å². The van der Waals surface area contributed by atoms with Crippen molar-refractivity contribution in [3.63, 3.8) is 0 Å². The Hall–Kier alpha value is -0.540. The summed E-state index contributed by atoms with van der Waals surface area (Å²) in [4.78, 5) is 11.3. The molecule has 0 aliphatic carbocycles. The van der Waals surface area contributed by atoms with Crippen molar-refractivity contribution in [2.75, 3.05) is 0 Å². The molecular weight excluding hydrogens is 299 g/mol. The molecule has 0 spiro atoms. The van der Waals surface area contributed by atoms with E-state index in [0.717, 1.165) is 2.88 Å². The molecule has 68 valence electrons. The number of carbonyl (C=O) groups is 1. The molecular formula is C9H7IO2S. The maximum Gasteiger partial charge on any atom is 0.340 e. The fraction of sp³-hybridized carbons (Fsp3) is 0.222. The molecule has 1 aromatic rings. The predicted molar refractivity (Wildman–Crippen MR) is 60.7 cm³/mol. The van der Waals surface area contributed by atoms with Crippen molar-refractivity contribution in [2.45, 2.75) is 13.0 Å². The zero-order chi connectivity index (χ0) is 9.84. The monoisotopic (exact) mass is 306 g/mol. The van der Waals surface area contributed by atoms with Gasteiger partial charge in [-0.15, -0.1) is 17.8 Å². The summed E-state index contributed by atoms with van der Waals surface area (Å²) in [6.45, 7) is 1.66. The molecule has 1 heterocycles. The maximum atomic E-state index is 11.3. The van der Waals surface area contributed by atoms with Gasteiger partial charge in [-0.1, -0.05) is 5.92 Å². The van der Waals surface area contributed by atoms with E-state index < -0.39 is 6.10 Å². The van der Waals surface area contributed by atoms with E-state index in [4.69, 9.17) is 11.2 Å².